The Balaban J connectivity index is 1.09. The number of rotatable bonds is 21. The van der Waals surface area contributed by atoms with E-state index in [1.165, 1.54) is 0 Å². The average molecular weight is 1240 g/mol. The molecule has 84 heavy (non-hydrogen) atoms. The smallest absolute Gasteiger partial charge is 0.217 e. The van der Waals surface area contributed by atoms with E-state index in [1.807, 2.05) is 0 Å². The molecule has 38 nitrogen and oxygen atoms in total. The van der Waals surface area contributed by atoms with Crippen LogP contribution in [0.5, 0.6) is 0 Å². The Bertz CT molecular complexity index is 2060. The van der Waals surface area contributed by atoms with Crippen LogP contribution in [0.2, 0.25) is 0 Å². The lowest BCUT2D eigenvalue weighted by molar-refractivity contribution is -0.390. The second-order valence-corrected chi connectivity index (χ2v) is 21.1. The molecule has 35 atom stereocenters. The van der Waals surface area contributed by atoms with Crippen LogP contribution in [0.1, 0.15) is 13.8 Å². The van der Waals surface area contributed by atoms with Gasteiger partial charge in [-0.1, -0.05) is 0 Å². The Morgan fingerprint density at radius 3 is 1.01 bits per heavy atom. The Morgan fingerprint density at radius 2 is 0.631 bits per heavy atom. The highest BCUT2D eigenvalue weighted by molar-refractivity contribution is 5.73. The van der Waals surface area contributed by atoms with Crippen molar-refractivity contribution in [3.63, 3.8) is 0 Å². The van der Waals surface area contributed by atoms with Gasteiger partial charge >= 0.3 is 0 Å². The molecule has 2 amide bonds. The van der Waals surface area contributed by atoms with Crippen LogP contribution in [0.25, 0.3) is 0 Å². The molecule has 0 bridgehead atoms. The summed E-state index contributed by atoms with van der Waals surface area (Å²) < 4.78 is 74.5. The highest BCUT2D eigenvalue weighted by Crippen LogP contribution is 2.37. The summed E-state index contributed by atoms with van der Waals surface area (Å²) in [5.74, 6) is -1.72. The van der Waals surface area contributed by atoms with Gasteiger partial charge in [0.2, 0.25) is 11.8 Å². The zero-order chi connectivity index (χ0) is 61.9. The molecule has 0 aliphatic carbocycles. The summed E-state index contributed by atoms with van der Waals surface area (Å²) in [6, 6.07) is -3.57. The first-order chi connectivity index (χ1) is 39.7. The molecule has 7 aliphatic rings. The van der Waals surface area contributed by atoms with Crippen LogP contribution in [0, 0.1) is 0 Å². The summed E-state index contributed by atoms with van der Waals surface area (Å²) in [4.78, 5) is 25.1. The monoisotopic (exact) mass is 1230 g/mol. The molecule has 0 spiro atoms. The molecule has 0 radical (unpaired) electrons. The van der Waals surface area contributed by atoms with Crippen molar-refractivity contribution in [1.82, 2.24) is 10.6 Å². The van der Waals surface area contributed by atoms with Crippen molar-refractivity contribution in [3.05, 3.63) is 0 Å². The fourth-order valence-electron chi connectivity index (χ4n) is 10.7. The van der Waals surface area contributed by atoms with E-state index in [4.69, 9.17) is 61.6 Å². The second-order valence-electron chi connectivity index (χ2n) is 21.1. The summed E-state index contributed by atoms with van der Waals surface area (Å²) in [7, 11) is 0. The molecule has 7 aliphatic heterocycles. The Hall–Kier alpha value is -2.42. The average Bonchev–Trinajstić information content (AvgIpc) is 1.75. The largest absolute Gasteiger partial charge is 0.394 e. The molecular weight excluding hydrogens is 1160 g/mol. The lowest BCUT2D eigenvalue weighted by Crippen LogP contribution is -2.70. The normalized spacial score (nSPS) is 50.3. The number of aliphatic hydroxyl groups is 21. The van der Waals surface area contributed by atoms with Crippen LogP contribution < -0.4 is 10.6 Å². The van der Waals surface area contributed by atoms with E-state index in [2.05, 4.69) is 10.6 Å². The van der Waals surface area contributed by atoms with E-state index in [0.717, 1.165) is 13.8 Å². The van der Waals surface area contributed by atoms with Gasteiger partial charge in [0, 0.05) is 13.8 Å². The number of ether oxygens (including phenoxy) is 13. The molecule has 0 saturated carbocycles. The van der Waals surface area contributed by atoms with Gasteiger partial charge in [-0.25, -0.2) is 0 Å². The minimum absolute atomic E-state index is 0.851. The first-order valence-corrected chi connectivity index (χ1v) is 26.6. The predicted molar refractivity (Wildman–Crippen MR) is 255 cm³/mol. The standard InChI is InChI=1S/C46H78N2O36/c1-10(55)47-19-26(62)35(80-43-32(68)28(64)21(57)12(3-49)74-43)16(7-53)78-41(19)83-38-30(66)23(59)14(5-51)76-45(38)72-9-18-25(61)37(34(70)40(71)73-18)82-46-39(31(67)24(60)15(6-52)77-46)84-42-20(48-11(2)56)27(63)36(17(8-54)79-42)81-44-33(69)29(65)22(58)13(4-50)75-44/h12-46,49-54,57-71H,3-9H2,1-2H3,(H,47,55)(H,48,56)/t12-,13-,14-,15-,16-,17-,18-,19-,20-,21+,22+,23-,24-,25-,26-,27-,28+,29+,30+,31+,32-,33-,34+,35-,36-,37+,38+,39+,40+,41+,42+,43+,44+,45+,46-/m1/s1. The third kappa shape index (κ3) is 14.7. The van der Waals surface area contributed by atoms with E-state index in [0.29, 0.717) is 0 Å². The molecule has 38 heteroatoms. The molecule has 0 aromatic heterocycles. The van der Waals surface area contributed by atoms with Gasteiger partial charge in [-0.3, -0.25) is 9.59 Å². The molecule has 0 unspecified atom stereocenters. The Morgan fingerprint density at radius 1 is 0.310 bits per heavy atom. The minimum Gasteiger partial charge on any atom is -0.394 e. The van der Waals surface area contributed by atoms with Crippen molar-refractivity contribution in [2.24, 2.45) is 0 Å². The molecule has 488 valence electrons. The Labute approximate surface area is 475 Å². The number of hydrogen-bond donors (Lipinski definition) is 23. The summed E-state index contributed by atoms with van der Waals surface area (Å²) in [5.41, 5.74) is 0. The third-order valence-corrected chi connectivity index (χ3v) is 15.3. The van der Waals surface area contributed by atoms with Crippen LogP contribution in [0.4, 0.5) is 0 Å². The van der Waals surface area contributed by atoms with Gasteiger partial charge in [-0.2, -0.15) is 0 Å². The van der Waals surface area contributed by atoms with Crippen LogP contribution in [0.3, 0.4) is 0 Å². The maximum atomic E-state index is 12.6. The molecule has 0 aromatic rings. The summed E-state index contributed by atoms with van der Waals surface area (Å²) in [5, 5.41) is 230. The molecule has 7 rings (SSSR count). The van der Waals surface area contributed by atoms with Crippen molar-refractivity contribution in [2.75, 3.05) is 46.2 Å². The lowest BCUT2D eigenvalue weighted by Gasteiger charge is -2.50. The number of hydrogen-bond acceptors (Lipinski definition) is 36. The highest BCUT2D eigenvalue weighted by atomic mass is 16.8. The summed E-state index contributed by atoms with van der Waals surface area (Å²) in [6.45, 7) is -4.85. The first kappa shape index (κ1) is 69.1. The van der Waals surface area contributed by atoms with Crippen LogP contribution >= 0.6 is 0 Å². The number of amides is 2. The van der Waals surface area contributed by atoms with Crippen molar-refractivity contribution in [1.29, 1.82) is 0 Å². The molecule has 7 fully saturated rings. The molecule has 7 heterocycles. The van der Waals surface area contributed by atoms with Crippen molar-refractivity contribution < 1.29 is 178 Å². The van der Waals surface area contributed by atoms with E-state index in [-0.39, 0.29) is 0 Å². The van der Waals surface area contributed by atoms with E-state index < -0.39 is 273 Å². The van der Waals surface area contributed by atoms with Gasteiger partial charge in [0.1, 0.15) is 171 Å². The van der Waals surface area contributed by atoms with Gasteiger partial charge in [0.15, 0.2) is 44.0 Å². The van der Waals surface area contributed by atoms with Crippen molar-refractivity contribution in [3.8, 4) is 0 Å². The maximum Gasteiger partial charge on any atom is 0.217 e. The highest BCUT2D eigenvalue weighted by Gasteiger charge is 2.58. The van der Waals surface area contributed by atoms with Crippen molar-refractivity contribution in [2.45, 2.75) is 229 Å². The Kier molecular flexibility index (Phi) is 24.6. The molecule has 7 saturated heterocycles. The first-order valence-electron chi connectivity index (χ1n) is 26.6. The quantitative estimate of drug-likeness (QED) is 0.0507. The van der Waals surface area contributed by atoms with Gasteiger partial charge in [0.25, 0.3) is 0 Å². The van der Waals surface area contributed by atoms with Gasteiger partial charge in [0.05, 0.1) is 46.2 Å². The van der Waals surface area contributed by atoms with E-state index in [1.54, 1.807) is 0 Å². The van der Waals surface area contributed by atoms with Crippen LogP contribution in [-0.2, 0) is 71.2 Å². The molecular formula is C46H78N2O36. The van der Waals surface area contributed by atoms with Crippen molar-refractivity contribution >= 4 is 11.8 Å². The van der Waals surface area contributed by atoms with Crippen LogP contribution in [-0.4, -0.2) is 380 Å². The second kappa shape index (κ2) is 29.9. The number of nitrogens with one attached hydrogen (secondary N) is 2. The fraction of sp³-hybridized carbons (Fsp3) is 0.957. The lowest BCUT2D eigenvalue weighted by atomic mass is 9.94. The summed E-state index contributed by atoms with van der Waals surface area (Å²) in [6.07, 6.45) is -64.3. The SMILES string of the molecule is CC(=O)N[C@H]1[C@H](O[C@@H]2[C@@H](OC[C@H]3O[C@H](O)[C@@H](O)[C@@H](O[C@H]4O[C@H](CO)[C@@H](O)[C@H](O)[C@@H]4O[C@@H]4O[C@H](CO)[C@@H](O[C@@H]5O[C@H](CO)[C@H](O)[C@H](O)[C@H]5O)[C@H](O)[C@H]4NC(C)=O)[C@@H]3O)O[C@H](CO)[C@@H](O)[C@@H]2O)O[C@H](CO)[C@@H](O[C@@H]2O[C@H](CO)[C@H](O)[C@H](O)[C@H]2O)[C@@H]1O. The van der Waals surface area contributed by atoms with Gasteiger partial charge < -0.3 is 179 Å². The third-order valence-electron chi connectivity index (χ3n) is 15.3. The molecule has 0 aromatic carbocycles. The number of carbonyl (C=O) groups is 2. The topological polar surface area (TPSA) is 603 Å². The van der Waals surface area contributed by atoms with Gasteiger partial charge in [-0.05, 0) is 0 Å². The molecule has 23 N–H and O–H groups in total. The zero-order valence-corrected chi connectivity index (χ0v) is 44.7. The van der Waals surface area contributed by atoms with E-state index >= 15 is 0 Å². The summed E-state index contributed by atoms with van der Waals surface area (Å²) >= 11 is 0. The number of aliphatic hydroxyl groups excluding tert-OH is 21. The predicted octanol–water partition coefficient (Wildman–Crippen LogP) is -16.0. The van der Waals surface area contributed by atoms with Gasteiger partial charge in [-0.15, -0.1) is 0 Å². The minimum atomic E-state index is -2.31. The number of carbonyl (C=O) groups excluding carboxylic acids is 2. The maximum absolute atomic E-state index is 12.6. The fourth-order valence-corrected chi connectivity index (χ4v) is 10.7. The zero-order valence-electron chi connectivity index (χ0n) is 44.7. The van der Waals surface area contributed by atoms with Crippen LogP contribution in [0.15, 0.2) is 0 Å². The van der Waals surface area contributed by atoms with E-state index in [9.17, 15) is 117 Å².